The van der Waals surface area contributed by atoms with Crippen molar-refractivity contribution in [2.75, 3.05) is 26.2 Å². The predicted molar refractivity (Wildman–Crippen MR) is 91.8 cm³/mol. The molecule has 0 spiro atoms. The number of nitrogens with zero attached hydrogens (tertiary/aromatic N) is 3. The molecule has 2 aromatic heterocycles. The summed E-state index contributed by atoms with van der Waals surface area (Å²) in [7, 11) is 0. The summed E-state index contributed by atoms with van der Waals surface area (Å²) in [5.41, 5.74) is 2.03. The first-order valence-electron chi connectivity index (χ1n) is 7.52. The monoisotopic (exact) mass is 335 g/mol. The molecular weight excluding hydrogens is 314 g/mol. The molecule has 1 aliphatic rings. The molecule has 0 bridgehead atoms. The van der Waals surface area contributed by atoms with Crippen LogP contribution in [0.1, 0.15) is 30.8 Å². The van der Waals surface area contributed by atoms with Crippen molar-refractivity contribution in [2.45, 2.75) is 27.3 Å². The van der Waals surface area contributed by atoms with E-state index in [0.717, 1.165) is 53.9 Å². The van der Waals surface area contributed by atoms with Crippen LogP contribution in [0.2, 0.25) is 0 Å². The molecule has 22 heavy (non-hydrogen) atoms. The van der Waals surface area contributed by atoms with Gasteiger partial charge < -0.3 is 4.90 Å². The van der Waals surface area contributed by atoms with Crippen LogP contribution in [0.15, 0.2) is 11.4 Å². The molecule has 0 aliphatic carbocycles. The fourth-order valence-electron chi connectivity index (χ4n) is 2.83. The second kappa shape index (κ2) is 6.48. The smallest absolute Gasteiger partial charge is 0.255 e. The molecule has 0 unspecified atom stereocenters. The van der Waals surface area contributed by atoms with E-state index in [-0.39, 0.29) is 5.91 Å². The van der Waals surface area contributed by atoms with Gasteiger partial charge in [-0.05, 0) is 26.8 Å². The van der Waals surface area contributed by atoms with Crippen molar-refractivity contribution in [1.29, 1.82) is 0 Å². The number of carbonyl (C=O) groups is 1. The molecule has 2 aromatic rings. The van der Waals surface area contributed by atoms with Gasteiger partial charge in [0.05, 0.1) is 16.3 Å². The lowest BCUT2D eigenvalue weighted by molar-refractivity contribution is 0.0627. The number of aryl methyl sites for hydroxylation is 3. The minimum Gasteiger partial charge on any atom is -0.336 e. The molecule has 0 N–H and O–H groups in total. The van der Waals surface area contributed by atoms with Crippen LogP contribution in [0, 0.1) is 20.8 Å². The summed E-state index contributed by atoms with van der Waals surface area (Å²) < 4.78 is 0. The summed E-state index contributed by atoms with van der Waals surface area (Å²) in [6, 6.07) is 2.02. The summed E-state index contributed by atoms with van der Waals surface area (Å²) in [5.74, 6) is 0.186. The lowest BCUT2D eigenvalue weighted by Gasteiger charge is -2.34. The summed E-state index contributed by atoms with van der Waals surface area (Å²) in [4.78, 5) is 23.8. The van der Waals surface area contributed by atoms with Gasteiger partial charge in [-0.1, -0.05) is 0 Å². The van der Waals surface area contributed by atoms with Gasteiger partial charge in [0.25, 0.3) is 5.91 Å². The fraction of sp³-hybridized carbons (Fsp3) is 0.500. The second-order valence-electron chi connectivity index (χ2n) is 5.75. The van der Waals surface area contributed by atoms with Crippen molar-refractivity contribution in [3.05, 3.63) is 37.5 Å². The number of rotatable bonds is 3. The van der Waals surface area contributed by atoms with E-state index in [0.29, 0.717) is 0 Å². The number of thiophene rings is 1. The molecule has 1 aliphatic heterocycles. The molecule has 0 aromatic carbocycles. The van der Waals surface area contributed by atoms with Gasteiger partial charge in [0, 0.05) is 47.9 Å². The van der Waals surface area contributed by atoms with E-state index in [2.05, 4.69) is 22.2 Å². The summed E-state index contributed by atoms with van der Waals surface area (Å²) >= 11 is 3.40. The van der Waals surface area contributed by atoms with E-state index < -0.39 is 0 Å². The highest BCUT2D eigenvalue weighted by molar-refractivity contribution is 7.12. The summed E-state index contributed by atoms with van der Waals surface area (Å²) in [5, 5.41) is 3.25. The number of thiazole rings is 1. The van der Waals surface area contributed by atoms with E-state index >= 15 is 0 Å². The Morgan fingerprint density at radius 3 is 2.50 bits per heavy atom. The zero-order valence-corrected chi connectivity index (χ0v) is 14.9. The van der Waals surface area contributed by atoms with Crippen molar-refractivity contribution in [3.63, 3.8) is 0 Å². The van der Waals surface area contributed by atoms with Gasteiger partial charge in [0.15, 0.2) is 0 Å². The predicted octanol–water partition coefficient (Wildman–Crippen LogP) is 3.09. The first-order valence-corrected chi connectivity index (χ1v) is 9.22. The van der Waals surface area contributed by atoms with Crippen LogP contribution in [0.3, 0.4) is 0 Å². The molecule has 3 heterocycles. The summed E-state index contributed by atoms with van der Waals surface area (Å²) in [6.07, 6.45) is 0. The standard InChI is InChI=1S/C16H21N3OS2/c1-11-8-15(12(2)22-11)16(20)19-6-4-18(5-7-19)9-14-10-21-13(3)17-14/h8,10H,4-7,9H2,1-3H3. The Balaban J connectivity index is 1.57. The normalized spacial score (nSPS) is 16.2. The lowest BCUT2D eigenvalue weighted by atomic mass is 10.2. The maximum absolute atomic E-state index is 12.6. The Morgan fingerprint density at radius 2 is 1.95 bits per heavy atom. The Morgan fingerprint density at radius 1 is 1.23 bits per heavy atom. The molecule has 0 saturated carbocycles. The number of hydrogen-bond donors (Lipinski definition) is 0. The van der Waals surface area contributed by atoms with Crippen LogP contribution >= 0.6 is 22.7 Å². The molecule has 4 nitrogen and oxygen atoms in total. The van der Waals surface area contributed by atoms with Gasteiger partial charge in [-0.25, -0.2) is 4.98 Å². The maximum atomic E-state index is 12.6. The third kappa shape index (κ3) is 3.39. The van der Waals surface area contributed by atoms with Crippen molar-refractivity contribution in [1.82, 2.24) is 14.8 Å². The van der Waals surface area contributed by atoms with Crippen LogP contribution in [0.4, 0.5) is 0 Å². The Bertz CT molecular complexity index is 669. The van der Waals surface area contributed by atoms with Crippen LogP contribution < -0.4 is 0 Å². The highest BCUT2D eigenvalue weighted by Crippen LogP contribution is 2.22. The number of hydrogen-bond acceptors (Lipinski definition) is 5. The molecule has 118 valence electrons. The molecule has 1 amide bonds. The first-order chi connectivity index (χ1) is 10.5. The van der Waals surface area contributed by atoms with E-state index in [1.807, 2.05) is 24.8 Å². The fourth-order valence-corrected chi connectivity index (χ4v) is 4.35. The van der Waals surface area contributed by atoms with Crippen molar-refractivity contribution < 1.29 is 4.79 Å². The SMILES string of the molecule is Cc1cc(C(=O)N2CCN(Cc3csc(C)n3)CC2)c(C)s1. The second-order valence-corrected chi connectivity index (χ2v) is 8.28. The van der Waals surface area contributed by atoms with Crippen molar-refractivity contribution in [3.8, 4) is 0 Å². The van der Waals surface area contributed by atoms with E-state index in [4.69, 9.17) is 0 Å². The van der Waals surface area contributed by atoms with E-state index in [1.54, 1.807) is 22.7 Å². The minimum atomic E-state index is 0.186. The average Bonchev–Trinajstić information content (AvgIpc) is 3.04. The zero-order chi connectivity index (χ0) is 15.7. The third-order valence-electron chi connectivity index (χ3n) is 3.98. The molecular formula is C16H21N3OS2. The quantitative estimate of drug-likeness (QED) is 0.865. The Hall–Kier alpha value is -1.24. The van der Waals surface area contributed by atoms with Gasteiger partial charge >= 0.3 is 0 Å². The van der Waals surface area contributed by atoms with Crippen LogP contribution in [0.25, 0.3) is 0 Å². The van der Waals surface area contributed by atoms with Crippen molar-refractivity contribution >= 4 is 28.6 Å². The van der Waals surface area contributed by atoms with Crippen LogP contribution in [-0.2, 0) is 6.54 Å². The van der Waals surface area contributed by atoms with Crippen LogP contribution in [-0.4, -0.2) is 46.9 Å². The van der Waals surface area contributed by atoms with Gasteiger partial charge in [0.2, 0.25) is 0 Å². The van der Waals surface area contributed by atoms with Gasteiger partial charge in [-0.15, -0.1) is 22.7 Å². The van der Waals surface area contributed by atoms with Gasteiger partial charge in [-0.2, -0.15) is 0 Å². The third-order valence-corrected chi connectivity index (χ3v) is 5.77. The number of amides is 1. The number of aromatic nitrogens is 1. The molecule has 3 rings (SSSR count). The zero-order valence-electron chi connectivity index (χ0n) is 13.3. The first kappa shape index (κ1) is 15.6. The van der Waals surface area contributed by atoms with Crippen LogP contribution in [0.5, 0.6) is 0 Å². The van der Waals surface area contributed by atoms with Gasteiger partial charge in [-0.3, -0.25) is 9.69 Å². The molecule has 1 saturated heterocycles. The summed E-state index contributed by atoms with van der Waals surface area (Å²) in [6.45, 7) is 10.5. The highest BCUT2D eigenvalue weighted by atomic mass is 32.1. The molecule has 0 radical (unpaired) electrons. The minimum absolute atomic E-state index is 0.186. The highest BCUT2D eigenvalue weighted by Gasteiger charge is 2.24. The largest absolute Gasteiger partial charge is 0.336 e. The Labute approximate surface area is 139 Å². The molecule has 1 fully saturated rings. The maximum Gasteiger partial charge on any atom is 0.255 e. The van der Waals surface area contributed by atoms with Crippen molar-refractivity contribution in [2.24, 2.45) is 0 Å². The topological polar surface area (TPSA) is 36.4 Å². The number of piperazine rings is 1. The van der Waals surface area contributed by atoms with Gasteiger partial charge in [0.1, 0.15) is 0 Å². The lowest BCUT2D eigenvalue weighted by Crippen LogP contribution is -2.48. The average molecular weight is 335 g/mol. The molecule has 6 heteroatoms. The molecule has 0 atom stereocenters. The van der Waals surface area contributed by atoms with E-state index in [9.17, 15) is 4.79 Å². The number of carbonyl (C=O) groups excluding carboxylic acids is 1. The Kier molecular flexibility index (Phi) is 4.61. The van der Waals surface area contributed by atoms with E-state index in [1.165, 1.54) is 4.88 Å².